The molecule has 0 radical (unpaired) electrons. The molecule has 1 saturated carbocycles. The molecule has 1 N–H and O–H groups in total. The van der Waals surface area contributed by atoms with E-state index in [1.165, 1.54) is 0 Å². The third-order valence-corrected chi connectivity index (χ3v) is 5.09. The van der Waals surface area contributed by atoms with Crippen LogP contribution in [0.25, 0.3) is 0 Å². The number of aliphatic carboxylic acids is 1. The van der Waals surface area contributed by atoms with Crippen molar-refractivity contribution in [3.63, 3.8) is 0 Å². The number of carboxylic acids is 1. The van der Waals surface area contributed by atoms with Crippen molar-refractivity contribution in [2.24, 2.45) is 5.92 Å². The summed E-state index contributed by atoms with van der Waals surface area (Å²) in [6.45, 7) is 6.04. The molecule has 6 heteroatoms. The summed E-state index contributed by atoms with van der Waals surface area (Å²) in [5.74, 6) is 0.226. The second-order valence-corrected chi connectivity index (χ2v) is 7.01. The molecule has 3 rings (SSSR count). The lowest BCUT2D eigenvalue weighted by atomic mass is 10.1. The average Bonchev–Trinajstić information content (AvgIpc) is 3.41. The monoisotopic (exact) mass is 346 g/mol. The maximum Gasteiger partial charge on any atom is 0.321 e. The van der Waals surface area contributed by atoms with E-state index < -0.39 is 18.1 Å². The topological polar surface area (TPSA) is 70.1 Å². The fourth-order valence-electron chi connectivity index (χ4n) is 3.48. The van der Waals surface area contributed by atoms with E-state index in [4.69, 9.17) is 4.74 Å². The van der Waals surface area contributed by atoms with Crippen LogP contribution in [0, 0.1) is 12.8 Å². The molecule has 0 bridgehead atoms. The Morgan fingerprint density at radius 3 is 2.36 bits per heavy atom. The first-order valence-corrected chi connectivity index (χ1v) is 8.95. The number of nitrogens with zero attached hydrogens (tertiary/aromatic N) is 2. The fraction of sp³-hybridized carbons (Fsp3) is 0.579. The number of carbonyl (C=O) groups excluding carboxylic acids is 1. The van der Waals surface area contributed by atoms with E-state index in [0.717, 1.165) is 24.2 Å². The number of hydrogen-bond acceptors (Lipinski definition) is 4. The van der Waals surface area contributed by atoms with Gasteiger partial charge < -0.3 is 14.7 Å². The number of carbonyl (C=O) groups is 2. The third-order valence-electron chi connectivity index (χ3n) is 5.09. The zero-order chi connectivity index (χ0) is 18.0. The summed E-state index contributed by atoms with van der Waals surface area (Å²) in [5, 5.41) is 9.45. The number of piperazine rings is 1. The number of benzene rings is 1. The number of para-hydroxylation sites is 1. The van der Waals surface area contributed by atoms with Gasteiger partial charge in [-0.15, -0.1) is 0 Å². The standard InChI is InChI=1S/C19H26N2O4/c1-13-5-3-4-6-16(13)25-14(2)18(22)21-11-9-20(10-12-21)17(19(23)24)15-7-8-15/h3-6,14-15,17H,7-12H2,1-2H3,(H,23,24). The van der Waals surface area contributed by atoms with Gasteiger partial charge >= 0.3 is 5.97 Å². The van der Waals surface area contributed by atoms with Gasteiger partial charge in [0.25, 0.3) is 5.91 Å². The van der Waals surface area contributed by atoms with Gasteiger partial charge in [0.2, 0.25) is 0 Å². The van der Waals surface area contributed by atoms with Crippen LogP contribution < -0.4 is 4.74 Å². The molecule has 2 atom stereocenters. The van der Waals surface area contributed by atoms with Crippen molar-refractivity contribution in [3.05, 3.63) is 29.8 Å². The summed E-state index contributed by atoms with van der Waals surface area (Å²) >= 11 is 0. The molecule has 2 unspecified atom stereocenters. The molecule has 25 heavy (non-hydrogen) atoms. The van der Waals surface area contributed by atoms with E-state index >= 15 is 0 Å². The highest BCUT2D eigenvalue weighted by Gasteiger charge is 2.41. The first kappa shape index (κ1) is 17.7. The van der Waals surface area contributed by atoms with Crippen LogP contribution in [0.3, 0.4) is 0 Å². The maximum absolute atomic E-state index is 12.6. The zero-order valence-corrected chi connectivity index (χ0v) is 14.9. The molecule has 2 fully saturated rings. The predicted molar refractivity (Wildman–Crippen MR) is 93.6 cm³/mol. The molecule has 1 amide bonds. The summed E-state index contributed by atoms with van der Waals surface area (Å²) in [4.78, 5) is 27.9. The molecule has 1 aliphatic heterocycles. The Balaban J connectivity index is 1.54. The third kappa shape index (κ3) is 4.12. The number of rotatable bonds is 6. The largest absolute Gasteiger partial charge is 0.481 e. The van der Waals surface area contributed by atoms with Gasteiger partial charge in [-0.3, -0.25) is 14.5 Å². The average molecular weight is 346 g/mol. The van der Waals surface area contributed by atoms with Gasteiger partial charge in [-0.25, -0.2) is 0 Å². The molecule has 0 aromatic heterocycles. The van der Waals surface area contributed by atoms with Crippen LogP contribution in [0.15, 0.2) is 24.3 Å². The smallest absolute Gasteiger partial charge is 0.321 e. The van der Waals surface area contributed by atoms with Crippen LogP contribution in [0.2, 0.25) is 0 Å². The number of carboxylic acid groups (broad SMARTS) is 1. The molecule has 1 aromatic rings. The molecule has 0 spiro atoms. The van der Waals surface area contributed by atoms with Crippen molar-refractivity contribution in [1.29, 1.82) is 0 Å². The predicted octanol–water partition coefficient (Wildman–Crippen LogP) is 1.77. The number of hydrogen-bond donors (Lipinski definition) is 1. The minimum absolute atomic E-state index is 0.0406. The lowest BCUT2D eigenvalue weighted by Gasteiger charge is -2.38. The molecular weight excluding hydrogens is 320 g/mol. The Hall–Kier alpha value is -2.08. The number of amides is 1. The van der Waals surface area contributed by atoms with Crippen molar-refractivity contribution < 1.29 is 19.4 Å². The lowest BCUT2D eigenvalue weighted by molar-refractivity contribution is -0.146. The Morgan fingerprint density at radius 2 is 1.80 bits per heavy atom. The first-order valence-electron chi connectivity index (χ1n) is 8.95. The van der Waals surface area contributed by atoms with E-state index in [9.17, 15) is 14.7 Å². The van der Waals surface area contributed by atoms with Crippen LogP contribution in [0.5, 0.6) is 5.75 Å². The Morgan fingerprint density at radius 1 is 1.16 bits per heavy atom. The van der Waals surface area contributed by atoms with Crippen molar-refractivity contribution in [3.8, 4) is 5.75 Å². The highest BCUT2D eigenvalue weighted by atomic mass is 16.5. The van der Waals surface area contributed by atoms with E-state index in [1.54, 1.807) is 11.8 Å². The molecule has 136 valence electrons. The highest BCUT2D eigenvalue weighted by Crippen LogP contribution is 2.35. The lowest BCUT2D eigenvalue weighted by Crippen LogP contribution is -2.56. The normalized spacial score (nSPS) is 20.8. The second kappa shape index (κ2) is 7.44. The Kier molecular flexibility index (Phi) is 5.27. The summed E-state index contributed by atoms with van der Waals surface area (Å²) in [7, 11) is 0. The quantitative estimate of drug-likeness (QED) is 0.850. The van der Waals surface area contributed by atoms with Crippen LogP contribution in [-0.4, -0.2) is 65.1 Å². The van der Waals surface area contributed by atoms with E-state index in [2.05, 4.69) is 0 Å². The highest BCUT2D eigenvalue weighted by molar-refractivity contribution is 5.81. The van der Waals surface area contributed by atoms with Gasteiger partial charge in [0.15, 0.2) is 6.10 Å². The van der Waals surface area contributed by atoms with Crippen LogP contribution in [0.4, 0.5) is 0 Å². The summed E-state index contributed by atoms with van der Waals surface area (Å²) in [6.07, 6.45) is 1.45. The van der Waals surface area contributed by atoms with Gasteiger partial charge in [0.1, 0.15) is 11.8 Å². The summed E-state index contributed by atoms with van der Waals surface area (Å²) < 4.78 is 5.82. The van der Waals surface area contributed by atoms with Gasteiger partial charge in [-0.1, -0.05) is 18.2 Å². The van der Waals surface area contributed by atoms with Crippen molar-refractivity contribution in [2.45, 2.75) is 38.8 Å². The van der Waals surface area contributed by atoms with Crippen LogP contribution >= 0.6 is 0 Å². The van der Waals surface area contributed by atoms with Gasteiger partial charge in [-0.2, -0.15) is 0 Å². The molecule has 2 aliphatic rings. The minimum atomic E-state index is -0.737. The second-order valence-electron chi connectivity index (χ2n) is 7.01. The molecule has 1 aromatic carbocycles. The van der Waals surface area contributed by atoms with E-state index in [-0.39, 0.29) is 11.8 Å². The summed E-state index contributed by atoms with van der Waals surface area (Å²) in [5.41, 5.74) is 1.00. The van der Waals surface area contributed by atoms with Gasteiger partial charge in [-0.05, 0) is 44.2 Å². The number of ether oxygens (including phenoxy) is 1. The fourth-order valence-corrected chi connectivity index (χ4v) is 3.48. The van der Waals surface area contributed by atoms with E-state index in [0.29, 0.717) is 26.2 Å². The van der Waals surface area contributed by atoms with Gasteiger partial charge in [0, 0.05) is 26.2 Å². The van der Waals surface area contributed by atoms with Crippen molar-refractivity contribution >= 4 is 11.9 Å². The minimum Gasteiger partial charge on any atom is -0.481 e. The SMILES string of the molecule is Cc1ccccc1OC(C)C(=O)N1CCN(C(C(=O)O)C2CC2)CC1. The first-order chi connectivity index (χ1) is 12.0. The summed E-state index contributed by atoms with van der Waals surface area (Å²) in [6, 6.07) is 7.26. The molecule has 1 heterocycles. The van der Waals surface area contributed by atoms with E-state index in [1.807, 2.05) is 36.1 Å². The maximum atomic E-state index is 12.6. The molecular formula is C19H26N2O4. The van der Waals surface area contributed by atoms with Crippen LogP contribution in [-0.2, 0) is 9.59 Å². The van der Waals surface area contributed by atoms with Gasteiger partial charge in [0.05, 0.1) is 0 Å². The van der Waals surface area contributed by atoms with Crippen LogP contribution in [0.1, 0.15) is 25.3 Å². The molecule has 1 saturated heterocycles. The molecule has 6 nitrogen and oxygen atoms in total. The van der Waals surface area contributed by atoms with Crippen molar-refractivity contribution in [2.75, 3.05) is 26.2 Å². The number of aryl methyl sites for hydroxylation is 1. The zero-order valence-electron chi connectivity index (χ0n) is 14.9. The Bertz CT molecular complexity index is 636. The molecule has 1 aliphatic carbocycles. The van der Waals surface area contributed by atoms with Crippen molar-refractivity contribution in [1.82, 2.24) is 9.80 Å². The Labute approximate surface area is 148 Å².